The summed E-state index contributed by atoms with van der Waals surface area (Å²) < 4.78 is 11.0. The first-order valence-electron chi connectivity index (χ1n) is 7.34. The van der Waals surface area contributed by atoms with Crippen LogP contribution >= 0.6 is 0 Å². The van der Waals surface area contributed by atoms with Gasteiger partial charge in [-0.1, -0.05) is 18.2 Å². The fourth-order valence-corrected chi connectivity index (χ4v) is 2.53. The van der Waals surface area contributed by atoms with Crippen LogP contribution in [0, 0.1) is 0 Å². The predicted octanol–water partition coefficient (Wildman–Crippen LogP) is 1.93. The zero-order chi connectivity index (χ0) is 14.3. The Morgan fingerprint density at radius 1 is 1.25 bits per heavy atom. The molecule has 1 saturated heterocycles. The van der Waals surface area contributed by atoms with Crippen LogP contribution in [-0.4, -0.2) is 55.6 Å². The number of benzene rings is 1. The third-order valence-corrected chi connectivity index (χ3v) is 3.68. The maximum absolute atomic E-state index is 10.4. The van der Waals surface area contributed by atoms with Gasteiger partial charge < -0.3 is 19.5 Å². The molecule has 0 bridgehead atoms. The second-order valence-electron chi connectivity index (χ2n) is 5.59. The van der Waals surface area contributed by atoms with Crippen LogP contribution in [0.15, 0.2) is 30.3 Å². The monoisotopic (exact) mass is 279 g/mol. The van der Waals surface area contributed by atoms with Gasteiger partial charge in [-0.05, 0) is 25.6 Å². The molecule has 0 atom stereocenters. The molecule has 1 fully saturated rings. The van der Waals surface area contributed by atoms with E-state index in [1.54, 1.807) is 0 Å². The number of hydrogen-bond acceptors (Lipinski definition) is 4. The van der Waals surface area contributed by atoms with Gasteiger partial charge in [0.1, 0.15) is 5.75 Å². The second-order valence-corrected chi connectivity index (χ2v) is 5.59. The third kappa shape index (κ3) is 5.12. The molecule has 0 aromatic heterocycles. The molecule has 1 aromatic rings. The second kappa shape index (κ2) is 7.62. The quantitative estimate of drug-likeness (QED) is 0.774. The van der Waals surface area contributed by atoms with Gasteiger partial charge in [0.05, 0.1) is 12.2 Å². The summed E-state index contributed by atoms with van der Waals surface area (Å²) >= 11 is 0. The topological polar surface area (TPSA) is 41.9 Å². The van der Waals surface area contributed by atoms with E-state index in [1.807, 2.05) is 30.3 Å². The van der Waals surface area contributed by atoms with E-state index in [2.05, 4.69) is 11.9 Å². The van der Waals surface area contributed by atoms with Gasteiger partial charge in [0.2, 0.25) is 0 Å². The first-order valence-corrected chi connectivity index (χ1v) is 7.34. The molecule has 112 valence electrons. The Hall–Kier alpha value is -1.10. The van der Waals surface area contributed by atoms with Crippen LogP contribution in [0.2, 0.25) is 0 Å². The lowest BCUT2D eigenvalue weighted by Gasteiger charge is -2.35. The molecule has 0 saturated carbocycles. The molecule has 0 aliphatic carbocycles. The summed E-state index contributed by atoms with van der Waals surface area (Å²) in [4.78, 5) is 2.18. The van der Waals surface area contributed by atoms with E-state index in [0.29, 0.717) is 26.4 Å². The Labute approximate surface area is 121 Å². The molecule has 0 unspecified atom stereocenters. The number of hydrogen-bond donors (Lipinski definition) is 1. The van der Waals surface area contributed by atoms with Crippen molar-refractivity contribution in [1.29, 1.82) is 0 Å². The molecule has 4 heteroatoms. The summed E-state index contributed by atoms with van der Waals surface area (Å²) in [5.74, 6) is 0.915. The van der Waals surface area contributed by atoms with Crippen molar-refractivity contribution in [2.45, 2.75) is 24.9 Å². The lowest BCUT2D eigenvalue weighted by Crippen LogP contribution is -2.46. The molecular weight excluding hydrogens is 254 g/mol. The van der Waals surface area contributed by atoms with Crippen molar-refractivity contribution in [2.75, 3.05) is 40.0 Å². The molecule has 1 aromatic carbocycles. The molecule has 0 amide bonds. The largest absolute Gasteiger partial charge is 0.494 e. The normalized spacial score (nSPS) is 18.1. The van der Waals surface area contributed by atoms with Gasteiger partial charge >= 0.3 is 0 Å². The molecule has 1 N–H and O–H groups in total. The van der Waals surface area contributed by atoms with E-state index in [0.717, 1.165) is 31.6 Å². The molecule has 0 radical (unpaired) electrons. The number of ether oxygens (including phenoxy) is 2. The maximum Gasteiger partial charge on any atom is 0.119 e. The van der Waals surface area contributed by atoms with Gasteiger partial charge in [-0.25, -0.2) is 0 Å². The summed E-state index contributed by atoms with van der Waals surface area (Å²) in [7, 11) is 2.05. The smallest absolute Gasteiger partial charge is 0.119 e. The van der Waals surface area contributed by atoms with Gasteiger partial charge in [-0.2, -0.15) is 0 Å². The lowest BCUT2D eigenvalue weighted by molar-refractivity contribution is -0.0770. The van der Waals surface area contributed by atoms with Gasteiger partial charge in [0.15, 0.2) is 0 Å². The van der Waals surface area contributed by atoms with Gasteiger partial charge in [-0.3, -0.25) is 0 Å². The van der Waals surface area contributed by atoms with E-state index in [9.17, 15) is 5.11 Å². The number of nitrogens with zero attached hydrogens (tertiary/aromatic N) is 1. The Kier molecular flexibility index (Phi) is 5.83. The third-order valence-electron chi connectivity index (χ3n) is 3.68. The van der Waals surface area contributed by atoms with Crippen LogP contribution in [0.1, 0.15) is 19.3 Å². The standard InChI is InChI=1S/C16H25NO3/c1-17(14-16(18)8-12-19-13-9-16)10-5-11-20-15-6-3-2-4-7-15/h2-4,6-7,18H,5,8-14H2,1H3. The van der Waals surface area contributed by atoms with Gasteiger partial charge in [0.25, 0.3) is 0 Å². The fraction of sp³-hybridized carbons (Fsp3) is 0.625. The minimum atomic E-state index is -0.576. The van der Waals surface area contributed by atoms with Crippen molar-refractivity contribution in [3.63, 3.8) is 0 Å². The van der Waals surface area contributed by atoms with Crippen LogP contribution in [0.3, 0.4) is 0 Å². The molecule has 20 heavy (non-hydrogen) atoms. The number of aliphatic hydroxyl groups is 1. The number of para-hydroxylation sites is 1. The Bertz CT molecular complexity index is 377. The zero-order valence-electron chi connectivity index (χ0n) is 12.3. The van der Waals surface area contributed by atoms with Gasteiger partial charge in [0, 0.05) is 39.1 Å². The predicted molar refractivity (Wildman–Crippen MR) is 79.1 cm³/mol. The van der Waals surface area contributed by atoms with Crippen molar-refractivity contribution in [1.82, 2.24) is 4.90 Å². The molecule has 4 nitrogen and oxygen atoms in total. The fourth-order valence-electron chi connectivity index (χ4n) is 2.53. The SMILES string of the molecule is CN(CCCOc1ccccc1)CC1(O)CCOCC1. The molecule has 2 rings (SSSR count). The van der Waals surface area contributed by atoms with E-state index >= 15 is 0 Å². The summed E-state index contributed by atoms with van der Waals surface area (Å²) in [5, 5.41) is 10.4. The van der Waals surface area contributed by atoms with Crippen LogP contribution in [0.5, 0.6) is 5.75 Å². The van der Waals surface area contributed by atoms with Crippen molar-refractivity contribution >= 4 is 0 Å². The van der Waals surface area contributed by atoms with E-state index in [1.165, 1.54) is 0 Å². The minimum Gasteiger partial charge on any atom is -0.494 e. The Morgan fingerprint density at radius 3 is 2.65 bits per heavy atom. The summed E-state index contributed by atoms with van der Waals surface area (Å²) in [5.41, 5.74) is -0.576. The maximum atomic E-state index is 10.4. The van der Waals surface area contributed by atoms with Crippen molar-refractivity contribution < 1.29 is 14.6 Å². The van der Waals surface area contributed by atoms with E-state index in [-0.39, 0.29) is 0 Å². The highest BCUT2D eigenvalue weighted by molar-refractivity contribution is 5.20. The summed E-state index contributed by atoms with van der Waals surface area (Å²) in [6.45, 7) is 3.68. The van der Waals surface area contributed by atoms with Crippen molar-refractivity contribution in [3.05, 3.63) is 30.3 Å². The summed E-state index contributed by atoms with van der Waals surface area (Å²) in [6, 6.07) is 9.86. The number of likely N-dealkylation sites (N-methyl/N-ethyl adjacent to an activating group) is 1. The molecular formula is C16H25NO3. The highest BCUT2D eigenvalue weighted by atomic mass is 16.5. The number of rotatable bonds is 7. The Morgan fingerprint density at radius 2 is 1.95 bits per heavy atom. The highest BCUT2D eigenvalue weighted by Gasteiger charge is 2.30. The molecule has 0 spiro atoms. The van der Waals surface area contributed by atoms with Crippen LogP contribution in [0.4, 0.5) is 0 Å². The van der Waals surface area contributed by atoms with Crippen molar-refractivity contribution in [2.24, 2.45) is 0 Å². The zero-order valence-corrected chi connectivity index (χ0v) is 12.3. The summed E-state index contributed by atoms with van der Waals surface area (Å²) in [6.07, 6.45) is 2.42. The molecule has 1 aliphatic heterocycles. The average Bonchev–Trinajstić information content (AvgIpc) is 2.45. The molecule has 1 heterocycles. The molecule has 1 aliphatic rings. The first kappa shape index (κ1) is 15.3. The van der Waals surface area contributed by atoms with E-state index in [4.69, 9.17) is 9.47 Å². The van der Waals surface area contributed by atoms with Crippen LogP contribution < -0.4 is 4.74 Å². The minimum absolute atomic E-state index is 0.576. The highest BCUT2D eigenvalue weighted by Crippen LogP contribution is 2.21. The average molecular weight is 279 g/mol. The van der Waals surface area contributed by atoms with Crippen LogP contribution in [0.25, 0.3) is 0 Å². The lowest BCUT2D eigenvalue weighted by atomic mass is 9.94. The van der Waals surface area contributed by atoms with Crippen molar-refractivity contribution in [3.8, 4) is 5.75 Å². The van der Waals surface area contributed by atoms with E-state index < -0.39 is 5.60 Å². The van der Waals surface area contributed by atoms with Gasteiger partial charge in [-0.15, -0.1) is 0 Å². The first-order chi connectivity index (χ1) is 9.68. The Balaban J connectivity index is 1.61. The van der Waals surface area contributed by atoms with Crippen LogP contribution in [-0.2, 0) is 4.74 Å².